The first kappa shape index (κ1) is 19.3. The van der Waals surface area contributed by atoms with Gasteiger partial charge in [0.1, 0.15) is 0 Å². The molecule has 3 rings (SSSR count). The molecule has 0 radical (unpaired) electrons. The van der Waals surface area contributed by atoms with Crippen LogP contribution in [0.4, 0.5) is 16.2 Å². The summed E-state index contributed by atoms with van der Waals surface area (Å²) in [4.78, 5) is 33.0. The lowest BCUT2D eigenvalue weighted by molar-refractivity contribution is -0.154. The highest BCUT2D eigenvalue weighted by molar-refractivity contribution is 5.80. The van der Waals surface area contributed by atoms with Crippen LogP contribution in [-0.4, -0.2) is 52.2 Å². The van der Waals surface area contributed by atoms with Crippen molar-refractivity contribution < 1.29 is 19.2 Å². The average molecular weight is 380 g/mol. The highest BCUT2D eigenvalue weighted by Crippen LogP contribution is 2.30. The molecule has 1 aliphatic heterocycles. The average Bonchev–Trinajstić information content (AvgIpc) is 3.13. The number of hydrogen-bond donors (Lipinski definition) is 3. The fourth-order valence-corrected chi connectivity index (χ4v) is 3.57. The number of aromatic nitrogens is 2. The van der Waals surface area contributed by atoms with Crippen LogP contribution in [0.2, 0.25) is 0 Å². The summed E-state index contributed by atoms with van der Waals surface area (Å²) in [5.74, 6) is -0.749. The minimum absolute atomic E-state index is 0.0857. The summed E-state index contributed by atoms with van der Waals surface area (Å²) in [5, 5.41) is 9.97. The SMILES string of the molecule is O=CN(O)C[C@H](CC1CCCC1)C(=O)NNc1ncc(F)c(N2CCC2)n1. The lowest BCUT2D eigenvalue weighted by Gasteiger charge is -2.32. The van der Waals surface area contributed by atoms with Crippen molar-refractivity contribution in [2.45, 2.75) is 38.5 Å². The fraction of sp³-hybridized carbons (Fsp3) is 0.647. The number of hydrogen-bond acceptors (Lipinski definition) is 7. The monoisotopic (exact) mass is 380 g/mol. The van der Waals surface area contributed by atoms with Gasteiger partial charge in [-0.3, -0.25) is 25.6 Å². The van der Waals surface area contributed by atoms with Crippen LogP contribution in [0.15, 0.2) is 6.20 Å². The first-order chi connectivity index (χ1) is 13.1. The van der Waals surface area contributed by atoms with Crippen LogP contribution in [-0.2, 0) is 9.59 Å². The third-order valence-corrected chi connectivity index (χ3v) is 5.17. The Hall–Kier alpha value is -2.49. The number of carbonyl (C=O) groups excluding carboxylic acids is 2. The molecular weight excluding hydrogens is 355 g/mol. The Labute approximate surface area is 156 Å². The summed E-state index contributed by atoms with van der Waals surface area (Å²) in [7, 11) is 0. The second-order valence-electron chi connectivity index (χ2n) is 7.13. The Morgan fingerprint density at radius 3 is 2.78 bits per heavy atom. The highest BCUT2D eigenvalue weighted by atomic mass is 19.1. The molecule has 1 saturated carbocycles. The van der Waals surface area contributed by atoms with Gasteiger partial charge in [0.05, 0.1) is 18.7 Å². The van der Waals surface area contributed by atoms with E-state index in [0.29, 0.717) is 17.4 Å². The summed E-state index contributed by atoms with van der Waals surface area (Å²) in [5.41, 5.74) is 5.12. The van der Waals surface area contributed by atoms with Crippen LogP contribution in [0.3, 0.4) is 0 Å². The van der Waals surface area contributed by atoms with Crippen LogP contribution in [0, 0.1) is 17.7 Å². The predicted molar refractivity (Wildman–Crippen MR) is 95.2 cm³/mol. The Morgan fingerprint density at radius 2 is 2.15 bits per heavy atom. The van der Waals surface area contributed by atoms with Gasteiger partial charge in [-0.05, 0) is 18.8 Å². The summed E-state index contributed by atoms with van der Waals surface area (Å²) in [6, 6.07) is 0. The van der Waals surface area contributed by atoms with E-state index in [9.17, 15) is 19.2 Å². The van der Waals surface area contributed by atoms with Crippen molar-refractivity contribution >= 4 is 24.1 Å². The molecular formula is C17H25FN6O3. The molecule has 1 aliphatic carbocycles. The Balaban J connectivity index is 1.59. The topological polar surface area (TPSA) is 111 Å². The molecule has 2 fully saturated rings. The molecule has 27 heavy (non-hydrogen) atoms. The summed E-state index contributed by atoms with van der Waals surface area (Å²) < 4.78 is 13.8. The molecule has 3 N–H and O–H groups in total. The van der Waals surface area contributed by atoms with Crippen molar-refractivity contribution in [1.29, 1.82) is 0 Å². The summed E-state index contributed by atoms with van der Waals surface area (Å²) in [6.45, 7) is 1.39. The van der Waals surface area contributed by atoms with E-state index >= 15 is 0 Å². The van der Waals surface area contributed by atoms with Crippen LogP contribution < -0.4 is 15.8 Å². The minimum atomic E-state index is -0.564. The maximum absolute atomic E-state index is 13.8. The third kappa shape index (κ3) is 5.03. The first-order valence-corrected chi connectivity index (χ1v) is 9.31. The van der Waals surface area contributed by atoms with Gasteiger partial charge < -0.3 is 4.90 Å². The van der Waals surface area contributed by atoms with Gasteiger partial charge in [0, 0.05) is 13.1 Å². The fourth-order valence-electron chi connectivity index (χ4n) is 3.57. The van der Waals surface area contributed by atoms with E-state index in [1.54, 1.807) is 4.90 Å². The van der Waals surface area contributed by atoms with Crippen molar-refractivity contribution in [1.82, 2.24) is 20.5 Å². The number of rotatable bonds is 9. The lowest BCUT2D eigenvalue weighted by Crippen LogP contribution is -2.41. The van der Waals surface area contributed by atoms with E-state index < -0.39 is 11.7 Å². The number of nitrogens with one attached hydrogen (secondary N) is 2. The number of carbonyl (C=O) groups is 2. The van der Waals surface area contributed by atoms with Crippen molar-refractivity contribution in [2.24, 2.45) is 11.8 Å². The molecule has 0 bridgehead atoms. The molecule has 2 aliphatic rings. The van der Waals surface area contributed by atoms with E-state index in [-0.39, 0.29) is 30.6 Å². The van der Waals surface area contributed by atoms with E-state index in [1.807, 2.05) is 0 Å². The van der Waals surface area contributed by atoms with Gasteiger partial charge in [0.15, 0.2) is 11.6 Å². The molecule has 2 heterocycles. The van der Waals surface area contributed by atoms with Gasteiger partial charge in [-0.15, -0.1) is 0 Å². The Kier molecular flexibility index (Phi) is 6.38. The first-order valence-electron chi connectivity index (χ1n) is 9.31. The number of nitrogens with zero attached hydrogens (tertiary/aromatic N) is 4. The number of hydroxylamine groups is 2. The van der Waals surface area contributed by atoms with Crippen LogP contribution >= 0.6 is 0 Å². The quantitative estimate of drug-likeness (QED) is 0.336. The van der Waals surface area contributed by atoms with Crippen LogP contribution in [0.5, 0.6) is 0 Å². The molecule has 2 amide bonds. The van der Waals surface area contributed by atoms with E-state index in [0.717, 1.165) is 51.4 Å². The standard InChI is InChI=1S/C17H25FN6O3/c18-14-9-19-17(20-15(14)23-6-3-7-23)22-21-16(26)13(10-24(27)11-25)8-12-4-1-2-5-12/h9,11-13,27H,1-8,10H2,(H,21,26)(H,19,20,22)/t13-/m0/s1. The highest BCUT2D eigenvalue weighted by Gasteiger charge is 2.27. The number of halogens is 1. The zero-order valence-electron chi connectivity index (χ0n) is 15.1. The molecule has 10 heteroatoms. The van der Waals surface area contributed by atoms with Crippen molar-refractivity contribution in [3.63, 3.8) is 0 Å². The van der Waals surface area contributed by atoms with Gasteiger partial charge in [-0.2, -0.15) is 4.98 Å². The molecule has 0 unspecified atom stereocenters. The Morgan fingerprint density at radius 1 is 1.41 bits per heavy atom. The maximum Gasteiger partial charge on any atom is 0.243 e. The van der Waals surface area contributed by atoms with E-state index in [1.165, 1.54) is 0 Å². The zero-order valence-corrected chi connectivity index (χ0v) is 15.1. The smallest absolute Gasteiger partial charge is 0.243 e. The third-order valence-electron chi connectivity index (χ3n) is 5.17. The van der Waals surface area contributed by atoms with E-state index in [4.69, 9.17) is 0 Å². The number of amides is 2. The van der Waals surface area contributed by atoms with Gasteiger partial charge in [0.2, 0.25) is 18.3 Å². The minimum Gasteiger partial charge on any atom is -0.354 e. The molecule has 1 saturated heterocycles. The number of anilines is 2. The number of hydrazine groups is 1. The second-order valence-corrected chi connectivity index (χ2v) is 7.13. The van der Waals surface area contributed by atoms with Gasteiger partial charge in [-0.25, -0.2) is 14.4 Å². The molecule has 9 nitrogen and oxygen atoms in total. The van der Waals surface area contributed by atoms with Gasteiger partial charge >= 0.3 is 0 Å². The molecule has 1 aromatic heterocycles. The summed E-state index contributed by atoms with van der Waals surface area (Å²) in [6.07, 6.45) is 7.28. The normalized spacial score (nSPS) is 17.9. The Bertz CT molecular complexity index is 666. The predicted octanol–water partition coefficient (Wildman–Crippen LogP) is 1.31. The van der Waals surface area contributed by atoms with Crippen molar-refractivity contribution in [2.75, 3.05) is 30.0 Å². The van der Waals surface area contributed by atoms with E-state index in [2.05, 4.69) is 20.8 Å². The van der Waals surface area contributed by atoms with Gasteiger partial charge in [0.25, 0.3) is 0 Å². The lowest BCUT2D eigenvalue weighted by atomic mass is 9.92. The van der Waals surface area contributed by atoms with Crippen LogP contribution in [0.1, 0.15) is 38.5 Å². The zero-order chi connectivity index (χ0) is 19.2. The molecule has 1 atom stereocenters. The molecule has 1 aromatic rings. The maximum atomic E-state index is 13.8. The van der Waals surface area contributed by atoms with Crippen molar-refractivity contribution in [3.05, 3.63) is 12.0 Å². The van der Waals surface area contributed by atoms with Crippen LogP contribution in [0.25, 0.3) is 0 Å². The molecule has 0 aromatic carbocycles. The molecule has 148 valence electrons. The molecule has 0 spiro atoms. The van der Waals surface area contributed by atoms with Crippen molar-refractivity contribution in [3.8, 4) is 0 Å². The second kappa shape index (κ2) is 8.94. The largest absolute Gasteiger partial charge is 0.354 e. The summed E-state index contributed by atoms with van der Waals surface area (Å²) >= 11 is 0. The van der Waals surface area contributed by atoms with Gasteiger partial charge in [-0.1, -0.05) is 25.7 Å².